The molecule has 2 aromatic heterocycles. The van der Waals surface area contributed by atoms with Crippen LogP contribution in [0, 0.1) is 0 Å². The smallest absolute Gasteiger partial charge is 0.205 e. The van der Waals surface area contributed by atoms with E-state index in [2.05, 4.69) is 24.5 Å². The number of methoxy groups -OCH3 is 1. The van der Waals surface area contributed by atoms with E-state index in [1.807, 2.05) is 0 Å². The molecule has 1 aliphatic rings. The number of hydrogen-bond donors (Lipinski definition) is 2. The standard InChI is InChI=1S/C12H17N5O2S/c1-19-5-3-11-13-12(20-16-11)17-4-2-8-9(6-17)14-15-10(8)7-18/h18H,2-7H2,1H3,(H,14,15). The van der Waals surface area contributed by atoms with Crippen molar-refractivity contribution >= 4 is 16.7 Å². The van der Waals surface area contributed by atoms with E-state index >= 15 is 0 Å². The Bertz CT molecular complexity index is 582. The van der Waals surface area contributed by atoms with E-state index in [0.29, 0.717) is 6.61 Å². The first-order chi connectivity index (χ1) is 9.81. The van der Waals surface area contributed by atoms with E-state index in [1.165, 1.54) is 11.5 Å². The monoisotopic (exact) mass is 295 g/mol. The summed E-state index contributed by atoms with van der Waals surface area (Å²) in [5, 5.41) is 17.3. The highest BCUT2D eigenvalue weighted by Crippen LogP contribution is 2.26. The minimum Gasteiger partial charge on any atom is -0.390 e. The van der Waals surface area contributed by atoms with Crippen LogP contribution in [0.1, 0.15) is 22.8 Å². The molecule has 0 aromatic carbocycles. The van der Waals surface area contributed by atoms with E-state index in [4.69, 9.17) is 4.74 Å². The first-order valence-electron chi connectivity index (χ1n) is 6.54. The van der Waals surface area contributed by atoms with Crippen LogP contribution < -0.4 is 4.90 Å². The average Bonchev–Trinajstić information content (AvgIpc) is 3.10. The van der Waals surface area contributed by atoms with Crippen LogP contribution in [-0.4, -0.2) is 44.9 Å². The van der Waals surface area contributed by atoms with Gasteiger partial charge in [-0.2, -0.15) is 9.47 Å². The second-order valence-corrected chi connectivity index (χ2v) is 5.42. The molecule has 3 heterocycles. The molecule has 20 heavy (non-hydrogen) atoms. The zero-order chi connectivity index (χ0) is 13.9. The Morgan fingerprint density at radius 3 is 3.20 bits per heavy atom. The number of H-pyrrole nitrogens is 1. The largest absolute Gasteiger partial charge is 0.390 e. The number of hydrogen-bond acceptors (Lipinski definition) is 7. The van der Waals surface area contributed by atoms with Gasteiger partial charge in [-0.05, 0) is 6.42 Å². The van der Waals surface area contributed by atoms with Crippen LogP contribution in [-0.2, 0) is 30.7 Å². The predicted octanol–water partition coefficient (Wildman–Crippen LogP) is 0.505. The van der Waals surface area contributed by atoms with Crippen LogP contribution in [0.5, 0.6) is 0 Å². The first-order valence-corrected chi connectivity index (χ1v) is 7.31. The third-order valence-corrected chi connectivity index (χ3v) is 4.24. The number of aromatic amines is 1. The third-order valence-electron chi connectivity index (χ3n) is 3.43. The molecule has 0 fully saturated rings. The molecular weight excluding hydrogens is 278 g/mol. The highest BCUT2D eigenvalue weighted by atomic mass is 32.1. The number of aromatic nitrogens is 4. The van der Waals surface area contributed by atoms with Gasteiger partial charge in [-0.25, -0.2) is 4.98 Å². The number of anilines is 1. The van der Waals surface area contributed by atoms with Gasteiger partial charge in [0, 0.05) is 37.2 Å². The highest BCUT2D eigenvalue weighted by molar-refractivity contribution is 7.09. The van der Waals surface area contributed by atoms with E-state index in [9.17, 15) is 5.11 Å². The van der Waals surface area contributed by atoms with Crippen molar-refractivity contribution in [3.63, 3.8) is 0 Å². The molecule has 2 N–H and O–H groups in total. The van der Waals surface area contributed by atoms with Crippen molar-refractivity contribution in [2.24, 2.45) is 0 Å². The van der Waals surface area contributed by atoms with Crippen molar-refractivity contribution in [3.05, 3.63) is 22.8 Å². The summed E-state index contributed by atoms with van der Waals surface area (Å²) in [5.41, 5.74) is 2.97. The Labute approximate surface area is 120 Å². The molecule has 8 heteroatoms. The van der Waals surface area contributed by atoms with Crippen LogP contribution >= 0.6 is 11.5 Å². The third kappa shape index (κ3) is 2.54. The lowest BCUT2D eigenvalue weighted by Gasteiger charge is -2.25. The molecule has 0 unspecified atom stereocenters. The minimum atomic E-state index is -0.00813. The number of fused-ring (bicyclic) bond motifs is 1. The fourth-order valence-electron chi connectivity index (χ4n) is 2.35. The topological polar surface area (TPSA) is 87.2 Å². The SMILES string of the molecule is COCCc1nsc(N2CCc3c(CO)n[nH]c3C2)n1. The summed E-state index contributed by atoms with van der Waals surface area (Å²) < 4.78 is 9.39. The zero-order valence-corrected chi connectivity index (χ0v) is 12.1. The number of ether oxygens (including phenoxy) is 1. The maximum Gasteiger partial charge on any atom is 0.205 e. The molecule has 0 amide bonds. The molecule has 0 spiro atoms. The first kappa shape index (κ1) is 13.5. The van der Waals surface area contributed by atoms with Crippen molar-refractivity contribution in [2.45, 2.75) is 26.0 Å². The van der Waals surface area contributed by atoms with E-state index in [-0.39, 0.29) is 6.61 Å². The summed E-state index contributed by atoms with van der Waals surface area (Å²) in [6, 6.07) is 0. The number of nitrogens with zero attached hydrogens (tertiary/aromatic N) is 4. The molecule has 0 radical (unpaired) electrons. The van der Waals surface area contributed by atoms with Crippen molar-refractivity contribution in [3.8, 4) is 0 Å². The lowest BCUT2D eigenvalue weighted by atomic mass is 10.1. The second-order valence-electron chi connectivity index (χ2n) is 4.69. The molecule has 3 rings (SSSR count). The number of aliphatic hydroxyl groups is 1. The molecule has 1 aliphatic heterocycles. The quantitative estimate of drug-likeness (QED) is 0.835. The Kier molecular flexibility index (Phi) is 3.95. The second kappa shape index (κ2) is 5.86. The van der Waals surface area contributed by atoms with Crippen molar-refractivity contribution in [1.29, 1.82) is 0 Å². The molecule has 0 saturated carbocycles. The molecule has 0 aliphatic carbocycles. The van der Waals surface area contributed by atoms with Gasteiger partial charge < -0.3 is 14.7 Å². The van der Waals surface area contributed by atoms with Crippen LogP contribution in [0.4, 0.5) is 5.13 Å². The van der Waals surface area contributed by atoms with Crippen molar-refractivity contribution in [1.82, 2.24) is 19.6 Å². The van der Waals surface area contributed by atoms with Crippen LogP contribution in [0.25, 0.3) is 0 Å². The minimum absolute atomic E-state index is 0.00813. The Morgan fingerprint density at radius 2 is 2.40 bits per heavy atom. The molecule has 0 bridgehead atoms. The van der Waals surface area contributed by atoms with Gasteiger partial charge in [0.25, 0.3) is 0 Å². The number of rotatable bonds is 5. The van der Waals surface area contributed by atoms with Gasteiger partial charge in [-0.15, -0.1) is 0 Å². The lowest BCUT2D eigenvalue weighted by Crippen LogP contribution is -2.30. The zero-order valence-electron chi connectivity index (χ0n) is 11.3. The number of aliphatic hydroxyl groups excluding tert-OH is 1. The fraction of sp³-hybridized carbons (Fsp3) is 0.583. The number of nitrogens with one attached hydrogen (secondary N) is 1. The predicted molar refractivity (Wildman–Crippen MR) is 74.8 cm³/mol. The van der Waals surface area contributed by atoms with E-state index < -0.39 is 0 Å². The highest BCUT2D eigenvalue weighted by Gasteiger charge is 2.23. The Balaban J connectivity index is 1.71. The van der Waals surface area contributed by atoms with Gasteiger partial charge in [0.1, 0.15) is 5.82 Å². The van der Waals surface area contributed by atoms with E-state index in [0.717, 1.165) is 53.8 Å². The molecule has 7 nitrogen and oxygen atoms in total. The van der Waals surface area contributed by atoms with Crippen molar-refractivity contribution in [2.75, 3.05) is 25.2 Å². The van der Waals surface area contributed by atoms with Crippen LogP contribution in [0.2, 0.25) is 0 Å². The fourth-order valence-corrected chi connectivity index (χ4v) is 3.09. The van der Waals surface area contributed by atoms with Gasteiger partial charge in [0.15, 0.2) is 0 Å². The van der Waals surface area contributed by atoms with Crippen LogP contribution in [0.15, 0.2) is 0 Å². The summed E-state index contributed by atoms with van der Waals surface area (Å²) in [6.45, 7) is 2.24. The molecular formula is C12H17N5O2S. The normalized spacial score (nSPS) is 14.6. The maximum atomic E-state index is 9.22. The van der Waals surface area contributed by atoms with Crippen molar-refractivity contribution < 1.29 is 9.84 Å². The summed E-state index contributed by atoms with van der Waals surface area (Å²) in [7, 11) is 1.68. The Morgan fingerprint density at radius 1 is 1.50 bits per heavy atom. The summed E-state index contributed by atoms with van der Waals surface area (Å²) >= 11 is 1.42. The van der Waals surface area contributed by atoms with Gasteiger partial charge in [0.05, 0.1) is 31.1 Å². The maximum absolute atomic E-state index is 9.22. The average molecular weight is 295 g/mol. The van der Waals surface area contributed by atoms with Gasteiger partial charge in [0.2, 0.25) is 5.13 Å². The van der Waals surface area contributed by atoms with Gasteiger partial charge in [-0.1, -0.05) is 0 Å². The van der Waals surface area contributed by atoms with E-state index in [1.54, 1.807) is 7.11 Å². The molecule has 0 atom stereocenters. The Hall–Kier alpha value is -1.51. The summed E-state index contributed by atoms with van der Waals surface area (Å²) in [5.74, 6) is 0.832. The molecule has 108 valence electrons. The summed E-state index contributed by atoms with van der Waals surface area (Å²) in [6.07, 6.45) is 1.61. The molecule has 2 aromatic rings. The lowest BCUT2D eigenvalue weighted by molar-refractivity contribution is 0.201. The van der Waals surface area contributed by atoms with Gasteiger partial charge in [-0.3, -0.25) is 5.10 Å². The summed E-state index contributed by atoms with van der Waals surface area (Å²) in [4.78, 5) is 6.73. The molecule has 0 saturated heterocycles. The van der Waals surface area contributed by atoms with Gasteiger partial charge >= 0.3 is 0 Å². The van der Waals surface area contributed by atoms with Crippen LogP contribution in [0.3, 0.4) is 0 Å².